The van der Waals surface area contributed by atoms with Gasteiger partial charge in [0.1, 0.15) is 11.6 Å². The molecule has 0 saturated carbocycles. The summed E-state index contributed by atoms with van der Waals surface area (Å²) in [6, 6.07) is 1.71. The van der Waals surface area contributed by atoms with Crippen LogP contribution in [0.3, 0.4) is 0 Å². The largest absolute Gasteiger partial charge is 0.384 e. The average molecular weight is 203 g/mol. The van der Waals surface area contributed by atoms with Crippen molar-refractivity contribution in [1.82, 2.24) is 19.7 Å². The Bertz CT molecular complexity index is 474. The van der Waals surface area contributed by atoms with Gasteiger partial charge in [0.15, 0.2) is 5.82 Å². The highest BCUT2D eigenvalue weighted by Gasteiger charge is 2.03. The van der Waals surface area contributed by atoms with Crippen LogP contribution in [0.25, 0.3) is 5.82 Å². The standard InChI is InChI=1S/C10H13N5/c1-3-9-13-8(11)4-10(14-9)15-6-7(2)5-12-15/h4-6H,3H2,1-2H3,(H2,11,13,14). The minimum atomic E-state index is 0.477. The van der Waals surface area contributed by atoms with Crippen LogP contribution < -0.4 is 5.73 Å². The van der Waals surface area contributed by atoms with E-state index in [1.165, 1.54) is 0 Å². The number of nitrogens with zero attached hydrogens (tertiary/aromatic N) is 4. The maximum Gasteiger partial charge on any atom is 0.159 e. The van der Waals surface area contributed by atoms with E-state index in [4.69, 9.17) is 5.73 Å². The van der Waals surface area contributed by atoms with Crippen molar-refractivity contribution in [2.75, 3.05) is 5.73 Å². The minimum Gasteiger partial charge on any atom is -0.384 e. The maximum atomic E-state index is 5.69. The Kier molecular flexibility index (Phi) is 2.37. The number of hydrogen-bond acceptors (Lipinski definition) is 4. The van der Waals surface area contributed by atoms with Gasteiger partial charge in [-0.1, -0.05) is 6.92 Å². The normalized spacial score (nSPS) is 10.5. The van der Waals surface area contributed by atoms with Crippen molar-refractivity contribution in [2.24, 2.45) is 0 Å². The van der Waals surface area contributed by atoms with Gasteiger partial charge in [-0.25, -0.2) is 14.6 Å². The van der Waals surface area contributed by atoms with Crippen LogP contribution >= 0.6 is 0 Å². The van der Waals surface area contributed by atoms with E-state index in [-0.39, 0.29) is 0 Å². The Hall–Kier alpha value is -1.91. The lowest BCUT2D eigenvalue weighted by Crippen LogP contribution is -2.05. The van der Waals surface area contributed by atoms with Crippen molar-refractivity contribution >= 4 is 5.82 Å². The van der Waals surface area contributed by atoms with Gasteiger partial charge in [0.25, 0.3) is 0 Å². The fourth-order valence-electron chi connectivity index (χ4n) is 1.32. The topological polar surface area (TPSA) is 69.6 Å². The SMILES string of the molecule is CCc1nc(N)cc(-n2cc(C)cn2)n1. The first-order valence-electron chi connectivity index (χ1n) is 4.84. The predicted molar refractivity (Wildman–Crippen MR) is 57.7 cm³/mol. The second-order valence-electron chi connectivity index (χ2n) is 3.38. The first kappa shape index (κ1) is 9.64. The summed E-state index contributed by atoms with van der Waals surface area (Å²) in [6.07, 6.45) is 4.45. The van der Waals surface area contributed by atoms with Gasteiger partial charge in [-0.05, 0) is 12.5 Å². The fraction of sp³-hybridized carbons (Fsp3) is 0.300. The highest BCUT2D eigenvalue weighted by molar-refractivity contribution is 5.37. The van der Waals surface area contributed by atoms with Gasteiger partial charge in [-0.3, -0.25) is 0 Å². The Morgan fingerprint density at radius 1 is 1.40 bits per heavy atom. The molecule has 5 heteroatoms. The molecule has 0 atom stereocenters. The number of aromatic nitrogens is 4. The summed E-state index contributed by atoms with van der Waals surface area (Å²) in [7, 11) is 0. The van der Waals surface area contributed by atoms with Crippen molar-refractivity contribution in [3.63, 3.8) is 0 Å². The zero-order valence-electron chi connectivity index (χ0n) is 8.81. The van der Waals surface area contributed by atoms with Crippen LogP contribution in [0, 0.1) is 6.92 Å². The molecule has 0 aliphatic rings. The van der Waals surface area contributed by atoms with Gasteiger partial charge in [0, 0.05) is 18.7 Å². The molecular formula is C10H13N5. The first-order chi connectivity index (χ1) is 7.19. The van der Waals surface area contributed by atoms with Crippen LogP contribution in [0.15, 0.2) is 18.5 Å². The third kappa shape index (κ3) is 1.96. The van der Waals surface area contributed by atoms with Crippen LogP contribution in [-0.2, 0) is 6.42 Å². The molecule has 0 aromatic carbocycles. The Balaban J connectivity index is 2.48. The zero-order chi connectivity index (χ0) is 10.8. The van der Waals surface area contributed by atoms with Crippen LogP contribution in [0.4, 0.5) is 5.82 Å². The number of rotatable bonds is 2. The predicted octanol–water partition coefficient (Wildman–Crippen LogP) is 1.12. The van der Waals surface area contributed by atoms with Crippen LogP contribution in [0.5, 0.6) is 0 Å². The van der Waals surface area contributed by atoms with Crippen molar-refractivity contribution in [2.45, 2.75) is 20.3 Å². The summed E-state index contributed by atoms with van der Waals surface area (Å²) in [5, 5.41) is 4.17. The molecule has 78 valence electrons. The van der Waals surface area contributed by atoms with E-state index < -0.39 is 0 Å². The number of anilines is 1. The van der Waals surface area contributed by atoms with Crippen molar-refractivity contribution in [1.29, 1.82) is 0 Å². The molecule has 0 unspecified atom stereocenters. The van der Waals surface area contributed by atoms with Gasteiger partial charge in [0.2, 0.25) is 0 Å². The van der Waals surface area contributed by atoms with E-state index in [0.29, 0.717) is 11.6 Å². The number of nitrogens with two attached hydrogens (primary N) is 1. The Morgan fingerprint density at radius 3 is 2.80 bits per heavy atom. The van der Waals surface area contributed by atoms with E-state index in [2.05, 4.69) is 15.1 Å². The average Bonchev–Trinajstić information content (AvgIpc) is 2.64. The van der Waals surface area contributed by atoms with Crippen molar-refractivity contribution in [3.8, 4) is 5.82 Å². The molecule has 2 aromatic rings. The van der Waals surface area contributed by atoms with Gasteiger partial charge in [-0.15, -0.1) is 0 Å². The summed E-state index contributed by atoms with van der Waals surface area (Å²) in [5.41, 5.74) is 6.78. The number of nitrogen functional groups attached to an aromatic ring is 1. The van der Waals surface area contributed by atoms with Crippen LogP contribution in [0.2, 0.25) is 0 Å². The number of aryl methyl sites for hydroxylation is 2. The summed E-state index contributed by atoms with van der Waals surface area (Å²) in [5.74, 6) is 1.93. The fourth-order valence-corrected chi connectivity index (χ4v) is 1.32. The van der Waals surface area contributed by atoms with Gasteiger partial charge < -0.3 is 5.73 Å². The smallest absolute Gasteiger partial charge is 0.159 e. The molecule has 5 nitrogen and oxygen atoms in total. The summed E-state index contributed by atoms with van der Waals surface area (Å²) >= 11 is 0. The van der Waals surface area contributed by atoms with Gasteiger partial charge >= 0.3 is 0 Å². The molecule has 0 radical (unpaired) electrons. The second kappa shape index (κ2) is 3.68. The monoisotopic (exact) mass is 203 g/mol. The zero-order valence-corrected chi connectivity index (χ0v) is 8.81. The molecule has 0 spiro atoms. The molecule has 15 heavy (non-hydrogen) atoms. The molecule has 2 aromatic heterocycles. The maximum absolute atomic E-state index is 5.69. The highest BCUT2D eigenvalue weighted by atomic mass is 15.3. The molecule has 0 bridgehead atoms. The van der Waals surface area contributed by atoms with Crippen molar-refractivity contribution < 1.29 is 0 Å². The molecule has 2 heterocycles. The quantitative estimate of drug-likeness (QED) is 0.793. The molecule has 0 amide bonds. The van der Waals surface area contributed by atoms with E-state index in [0.717, 1.165) is 17.8 Å². The minimum absolute atomic E-state index is 0.477. The van der Waals surface area contributed by atoms with Crippen molar-refractivity contribution in [3.05, 3.63) is 29.8 Å². The lowest BCUT2D eigenvalue weighted by Gasteiger charge is -2.03. The first-order valence-corrected chi connectivity index (χ1v) is 4.84. The Morgan fingerprint density at radius 2 is 2.20 bits per heavy atom. The lowest BCUT2D eigenvalue weighted by atomic mass is 10.4. The second-order valence-corrected chi connectivity index (χ2v) is 3.38. The van der Waals surface area contributed by atoms with E-state index in [9.17, 15) is 0 Å². The molecule has 0 aliphatic carbocycles. The third-order valence-electron chi connectivity index (χ3n) is 2.04. The molecule has 0 aliphatic heterocycles. The van der Waals surface area contributed by atoms with Crippen LogP contribution in [0.1, 0.15) is 18.3 Å². The van der Waals surface area contributed by atoms with E-state index in [1.807, 2.05) is 20.0 Å². The molecule has 2 rings (SSSR count). The molecule has 2 N–H and O–H groups in total. The molecule has 0 saturated heterocycles. The van der Waals surface area contributed by atoms with E-state index >= 15 is 0 Å². The highest BCUT2D eigenvalue weighted by Crippen LogP contribution is 2.09. The lowest BCUT2D eigenvalue weighted by molar-refractivity contribution is 0.815. The summed E-state index contributed by atoms with van der Waals surface area (Å²) < 4.78 is 1.70. The molecular weight excluding hydrogens is 190 g/mol. The van der Waals surface area contributed by atoms with Crippen LogP contribution in [-0.4, -0.2) is 19.7 Å². The molecule has 0 fully saturated rings. The van der Waals surface area contributed by atoms with Gasteiger partial charge in [0.05, 0.1) is 6.20 Å². The number of hydrogen-bond donors (Lipinski definition) is 1. The van der Waals surface area contributed by atoms with Gasteiger partial charge in [-0.2, -0.15) is 5.10 Å². The summed E-state index contributed by atoms with van der Waals surface area (Å²) in [4.78, 5) is 8.46. The Labute approximate surface area is 88.0 Å². The third-order valence-corrected chi connectivity index (χ3v) is 2.04. The van der Waals surface area contributed by atoms with E-state index in [1.54, 1.807) is 16.9 Å². The summed E-state index contributed by atoms with van der Waals surface area (Å²) in [6.45, 7) is 3.97.